The molecule has 0 bridgehead atoms. The zero-order chi connectivity index (χ0) is 27.2. The van der Waals surface area contributed by atoms with Gasteiger partial charge in [-0.1, -0.05) is 15.9 Å². The highest BCUT2D eigenvalue weighted by molar-refractivity contribution is 9.10. The number of nitrogens with zero attached hydrogens (tertiary/aromatic N) is 1. The van der Waals surface area contributed by atoms with Crippen LogP contribution in [0, 0.1) is 17.5 Å². The number of aromatic nitrogens is 1. The van der Waals surface area contributed by atoms with Gasteiger partial charge in [0.1, 0.15) is 33.8 Å². The summed E-state index contributed by atoms with van der Waals surface area (Å²) in [6.45, 7) is 0. The highest BCUT2D eigenvalue weighted by atomic mass is 79.9. The number of carboxylic acids is 1. The number of anilines is 2. The summed E-state index contributed by atoms with van der Waals surface area (Å²) in [6.07, 6.45) is 2.40. The average Bonchev–Trinajstić information content (AvgIpc) is 3.61. The van der Waals surface area contributed by atoms with Gasteiger partial charge in [0.15, 0.2) is 0 Å². The van der Waals surface area contributed by atoms with Gasteiger partial charge in [0.2, 0.25) is 10.0 Å². The van der Waals surface area contributed by atoms with Crippen LogP contribution in [-0.4, -0.2) is 30.5 Å². The Morgan fingerprint density at radius 3 is 2.34 bits per heavy atom. The molecular formula is C25H17BrF3N3O5S. The monoisotopic (exact) mass is 607 g/mol. The van der Waals surface area contributed by atoms with E-state index in [9.17, 15) is 27.1 Å². The minimum Gasteiger partial charge on any atom is -0.478 e. The number of pyridine rings is 1. The number of benzene rings is 3. The molecule has 8 nitrogen and oxygen atoms in total. The van der Waals surface area contributed by atoms with Crippen molar-refractivity contribution in [1.82, 2.24) is 9.71 Å². The van der Waals surface area contributed by atoms with E-state index in [2.05, 4.69) is 31.0 Å². The maximum Gasteiger partial charge on any atom is 0.335 e. The van der Waals surface area contributed by atoms with Crippen molar-refractivity contribution in [2.45, 2.75) is 23.8 Å². The molecule has 3 N–H and O–H groups in total. The molecule has 1 aromatic heterocycles. The lowest BCUT2D eigenvalue weighted by Crippen LogP contribution is -2.26. The third kappa shape index (κ3) is 5.59. The summed E-state index contributed by atoms with van der Waals surface area (Å²) in [5.41, 5.74) is -0.331. The number of hydrogen-bond acceptors (Lipinski definition) is 6. The molecular weight excluding hydrogens is 591 g/mol. The molecule has 0 radical (unpaired) electrons. The number of hydrogen-bond donors (Lipinski definition) is 3. The van der Waals surface area contributed by atoms with Crippen LogP contribution in [0.25, 0.3) is 10.9 Å². The Labute approximate surface area is 222 Å². The first-order valence-electron chi connectivity index (χ1n) is 11.1. The Balaban J connectivity index is 1.65. The molecule has 38 heavy (non-hydrogen) atoms. The van der Waals surface area contributed by atoms with Crippen LogP contribution in [0.4, 0.5) is 24.5 Å². The van der Waals surface area contributed by atoms with Gasteiger partial charge < -0.3 is 15.2 Å². The summed E-state index contributed by atoms with van der Waals surface area (Å²) >= 11 is 3.18. The topological polar surface area (TPSA) is 118 Å². The van der Waals surface area contributed by atoms with E-state index in [1.807, 2.05) is 0 Å². The Hall–Kier alpha value is -3.68. The normalized spacial score (nSPS) is 13.5. The number of halogens is 4. The molecule has 0 amide bonds. The van der Waals surface area contributed by atoms with Gasteiger partial charge in [0, 0.05) is 46.7 Å². The van der Waals surface area contributed by atoms with Crippen molar-refractivity contribution in [3.63, 3.8) is 0 Å². The average molecular weight is 608 g/mol. The second-order valence-electron chi connectivity index (χ2n) is 8.56. The summed E-state index contributed by atoms with van der Waals surface area (Å²) in [5, 5.41) is 12.3. The van der Waals surface area contributed by atoms with E-state index in [0.29, 0.717) is 23.4 Å². The first-order chi connectivity index (χ1) is 18.0. The van der Waals surface area contributed by atoms with E-state index >= 15 is 4.39 Å². The quantitative estimate of drug-likeness (QED) is 0.222. The minimum atomic E-state index is -4.15. The fourth-order valence-electron chi connectivity index (χ4n) is 3.76. The summed E-state index contributed by atoms with van der Waals surface area (Å²) in [5.74, 6) is -4.32. The molecule has 1 saturated carbocycles. The van der Waals surface area contributed by atoms with Crippen LogP contribution in [-0.2, 0) is 10.0 Å². The maximum absolute atomic E-state index is 15.2. The van der Waals surface area contributed by atoms with Gasteiger partial charge in [-0.15, -0.1) is 0 Å². The number of sulfonamides is 1. The summed E-state index contributed by atoms with van der Waals surface area (Å²) in [4.78, 5) is 15.6. The van der Waals surface area contributed by atoms with E-state index in [0.717, 1.165) is 30.5 Å². The fourth-order valence-corrected chi connectivity index (χ4v) is 5.59. The van der Waals surface area contributed by atoms with Gasteiger partial charge in [-0.05, 0) is 37.1 Å². The molecule has 0 aliphatic heterocycles. The summed E-state index contributed by atoms with van der Waals surface area (Å²) < 4.78 is 77.1. The van der Waals surface area contributed by atoms with Crippen LogP contribution in [0.1, 0.15) is 23.2 Å². The molecule has 5 rings (SSSR count). The van der Waals surface area contributed by atoms with Crippen LogP contribution in [0.5, 0.6) is 11.5 Å². The van der Waals surface area contributed by atoms with E-state index in [4.69, 9.17) is 4.74 Å². The SMILES string of the molecule is O=C(O)c1cc(Nc2c(S(=O)(=O)NC3CC3)cnc3cc(Br)cc(F)c23)cc(Oc2cc(F)cc(F)c2)c1. The lowest BCUT2D eigenvalue weighted by Gasteiger charge is -2.17. The van der Waals surface area contributed by atoms with Crippen molar-refractivity contribution in [3.8, 4) is 11.5 Å². The van der Waals surface area contributed by atoms with Crippen LogP contribution in [0.2, 0.25) is 0 Å². The first-order valence-corrected chi connectivity index (χ1v) is 13.4. The predicted octanol–water partition coefficient (Wildman–Crippen LogP) is 6.09. The lowest BCUT2D eigenvalue weighted by molar-refractivity contribution is 0.0696. The van der Waals surface area contributed by atoms with E-state index in [1.165, 1.54) is 18.2 Å². The summed E-state index contributed by atoms with van der Waals surface area (Å²) in [7, 11) is -4.15. The molecule has 1 aliphatic carbocycles. The Morgan fingerprint density at radius 2 is 1.68 bits per heavy atom. The molecule has 0 atom stereocenters. The molecule has 13 heteroatoms. The zero-order valence-electron chi connectivity index (χ0n) is 19.1. The van der Waals surface area contributed by atoms with Gasteiger partial charge in [-0.2, -0.15) is 0 Å². The highest BCUT2D eigenvalue weighted by Gasteiger charge is 2.31. The Morgan fingerprint density at radius 1 is 1.00 bits per heavy atom. The smallest absolute Gasteiger partial charge is 0.335 e. The van der Waals surface area contributed by atoms with Crippen molar-refractivity contribution >= 4 is 54.2 Å². The van der Waals surface area contributed by atoms with Gasteiger partial charge in [-0.3, -0.25) is 4.98 Å². The van der Waals surface area contributed by atoms with E-state index < -0.39 is 33.4 Å². The van der Waals surface area contributed by atoms with Crippen molar-refractivity contribution in [1.29, 1.82) is 0 Å². The van der Waals surface area contributed by atoms with Crippen LogP contribution < -0.4 is 14.8 Å². The predicted molar refractivity (Wildman–Crippen MR) is 136 cm³/mol. The molecule has 1 fully saturated rings. The number of rotatable bonds is 8. The number of ether oxygens (including phenoxy) is 1. The molecule has 3 aromatic carbocycles. The van der Waals surface area contributed by atoms with Crippen molar-refractivity contribution in [2.24, 2.45) is 0 Å². The van der Waals surface area contributed by atoms with Gasteiger partial charge in [0.05, 0.1) is 22.2 Å². The van der Waals surface area contributed by atoms with Crippen LogP contribution in [0.15, 0.2) is 64.1 Å². The Bertz CT molecular complexity index is 1690. The molecule has 196 valence electrons. The fraction of sp³-hybridized carbons (Fsp3) is 0.120. The van der Waals surface area contributed by atoms with Crippen molar-refractivity contribution in [3.05, 3.63) is 82.2 Å². The third-order valence-corrected chi connectivity index (χ3v) is 7.52. The number of fused-ring (bicyclic) bond motifs is 1. The van der Waals surface area contributed by atoms with Gasteiger partial charge >= 0.3 is 5.97 Å². The number of carbonyl (C=O) groups is 1. The number of nitrogens with one attached hydrogen (secondary N) is 2. The van der Waals surface area contributed by atoms with Crippen LogP contribution in [0.3, 0.4) is 0 Å². The molecule has 0 unspecified atom stereocenters. The first kappa shape index (κ1) is 25.9. The van der Waals surface area contributed by atoms with E-state index in [-0.39, 0.29) is 50.3 Å². The molecule has 0 saturated heterocycles. The Kier molecular flexibility index (Phi) is 6.75. The second kappa shape index (κ2) is 9.89. The van der Waals surface area contributed by atoms with Gasteiger partial charge in [-0.25, -0.2) is 31.1 Å². The largest absolute Gasteiger partial charge is 0.478 e. The van der Waals surface area contributed by atoms with Crippen molar-refractivity contribution in [2.75, 3.05) is 5.32 Å². The van der Waals surface area contributed by atoms with Gasteiger partial charge in [0.25, 0.3) is 0 Å². The second-order valence-corrected chi connectivity index (χ2v) is 11.2. The zero-order valence-corrected chi connectivity index (χ0v) is 21.5. The minimum absolute atomic E-state index is 0.00876. The third-order valence-electron chi connectivity index (χ3n) is 5.53. The highest BCUT2D eigenvalue weighted by Crippen LogP contribution is 2.37. The lowest BCUT2D eigenvalue weighted by atomic mass is 10.1. The van der Waals surface area contributed by atoms with E-state index in [1.54, 1.807) is 0 Å². The van der Waals surface area contributed by atoms with Crippen molar-refractivity contribution < 1.29 is 36.2 Å². The van der Waals surface area contributed by atoms with Crippen LogP contribution >= 0.6 is 15.9 Å². The number of aromatic carboxylic acids is 1. The molecule has 1 heterocycles. The molecule has 1 aliphatic rings. The summed E-state index contributed by atoms with van der Waals surface area (Å²) in [6, 6.07) is 8.41. The number of carboxylic acid groups (broad SMARTS) is 1. The molecule has 4 aromatic rings. The standard InChI is InChI=1S/C25H17BrF3N3O5S/c26-13-5-20(29)23-21(6-13)30-11-22(38(35,36)32-16-1-2-16)24(23)31-17-3-12(25(33)34)4-18(10-17)37-19-8-14(27)7-15(28)9-19/h3-11,16,32H,1-2H2,(H,30,31)(H,33,34). The molecule has 0 spiro atoms. The maximum atomic E-state index is 15.2.